The summed E-state index contributed by atoms with van der Waals surface area (Å²) < 4.78 is 2.76. The number of aryl methyl sites for hydroxylation is 1. The van der Waals surface area contributed by atoms with Gasteiger partial charge in [0.1, 0.15) is 0 Å². The van der Waals surface area contributed by atoms with Gasteiger partial charge in [-0.15, -0.1) is 11.3 Å². The van der Waals surface area contributed by atoms with Gasteiger partial charge < -0.3 is 10.2 Å². The van der Waals surface area contributed by atoms with Crippen LogP contribution in [-0.2, 0) is 32.5 Å². The van der Waals surface area contributed by atoms with Crippen molar-refractivity contribution in [3.8, 4) is 11.1 Å². The third-order valence-corrected chi connectivity index (χ3v) is 19.6. The summed E-state index contributed by atoms with van der Waals surface area (Å²) in [4.78, 5) is 2.73. The van der Waals surface area contributed by atoms with Gasteiger partial charge in [0.25, 0.3) is 0 Å². The molecule has 1 aliphatic heterocycles. The van der Waals surface area contributed by atoms with Gasteiger partial charge in [-0.25, -0.2) is 0 Å². The van der Waals surface area contributed by atoms with Crippen LogP contribution in [0.3, 0.4) is 0 Å². The van der Waals surface area contributed by atoms with Gasteiger partial charge in [0.15, 0.2) is 0 Å². The van der Waals surface area contributed by atoms with Crippen molar-refractivity contribution < 1.29 is 0 Å². The molecule has 2 heterocycles. The summed E-state index contributed by atoms with van der Waals surface area (Å²) in [6, 6.07) is 43.5. The van der Waals surface area contributed by atoms with E-state index in [0.717, 1.165) is 7.28 Å². The molecule has 0 fully saturated rings. The molecule has 0 spiro atoms. The van der Waals surface area contributed by atoms with Gasteiger partial charge in [0.05, 0.1) is 0 Å². The van der Waals surface area contributed by atoms with Crippen LogP contribution in [0.1, 0.15) is 161 Å². The summed E-state index contributed by atoms with van der Waals surface area (Å²) in [6.07, 6.45) is 7.12. The van der Waals surface area contributed by atoms with Crippen LogP contribution in [0.2, 0.25) is 0 Å². The molecule has 0 saturated heterocycles. The molecular formula is C65H71BN2S. The number of fused-ring (bicyclic) bond motifs is 11. The Hall–Kier alpha value is -5.32. The maximum atomic E-state index is 4.21. The van der Waals surface area contributed by atoms with Crippen LogP contribution in [0.4, 0.5) is 28.4 Å². The minimum Gasteiger partial charge on any atom is -0.355 e. The standard InChI is InChI=1S/C65H71BN2S/c1-38-32-47-51(65(12,13)31-28-61(47,4)5)37-54(38)68-53-25-23-43-42-20-16-17-21-55(42)69-59(43)57(53)66-56-45(33-39-18-14-15-19-41(39)58(56)68)44-35-49-50(64(10,11)30-29-63(49,8)9)36-52(44)67-40-22-24-46-48(34-40)62(6,7)27-26-60(46,2)3/h14-25,32-37,66-67H,26-31H2,1-13H3. The fraction of sp³-hybridized carbons (Fsp3) is 0.385. The Morgan fingerprint density at radius 3 is 1.68 bits per heavy atom. The molecule has 1 N–H and O–H groups in total. The van der Waals surface area contributed by atoms with Crippen molar-refractivity contribution >= 4 is 88.9 Å². The van der Waals surface area contributed by atoms with Gasteiger partial charge in [-0.2, -0.15) is 0 Å². The fourth-order valence-electron chi connectivity index (χ4n) is 13.5. The Balaban J connectivity index is 1.17. The topological polar surface area (TPSA) is 15.3 Å². The lowest BCUT2D eigenvalue weighted by Gasteiger charge is -2.44. The summed E-state index contributed by atoms with van der Waals surface area (Å²) in [6.45, 7) is 31.9. The molecule has 4 heteroatoms. The highest BCUT2D eigenvalue weighted by Crippen LogP contribution is 2.54. The minimum atomic E-state index is 0.0408. The maximum Gasteiger partial charge on any atom is 0.200 e. The molecule has 350 valence electrons. The average Bonchev–Trinajstić information content (AvgIpc) is 3.69. The van der Waals surface area contributed by atoms with Crippen molar-refractivity contribution in [1.29, 1.82) is 0 Å². The predicted molar refractivity (Wildman–Crippen MR) is 304 cm³/mol. The number of hydrogen-bond donors (Lipinski definition) is 1. The molecule has 8 aromatic rings. The normalized spacial score (nSPS) is 19.8. The summed E-state index contributed by atoms with van der Waals surface area (Å²) in [5.74, 6) is 0. The monoisotopic (exact) mass is 923 g/mol. The first-order chi connectivity index (χ1) is 32.5. The largest absolute Gasteiger partial charge is 0.355 e. The lowest BCUT2D eigenvalue weighted by molar-refractivity contribution is 0.332. The van der Waals surface area contributed by atoms with Gasteiger partial charge in [0.2, 0.25) is 7.28 Å². The molecule has 0 saturated carbocycles. The average molecular weight is 923 g/mol. The lowest BCUT2D eigenvalue weighted by atomic mass is 9.57. The second-order valence-corrected chi connectivity index (χ2v) is 26.9. The zero-order valence-electron chi connectivity index (χ0n) is 43.7. The molecule has 0 bridgehead atoms. The van der Waals surface area contributed by atoms with Crippen molar-refractivity contribution in [2.75, 3.05) is 10.2 Å². The molecule has 7 aromatic carbocycles. The Morgan fingerprint density at radius 2 is 1.01 bits per heavy atom. The van der Waals surface area contributed by atoms with Crippen LogP contribution in [0.25, 0.3) is 42.1 Å². The SMILES string of the molecule is Cc1cc2c(cc1N1c3ccc4c(sc5ccccc54)c3Bc3c(-c4cc5c(cc4Nc4ccc6c(c4)C(C)(C)CCC6(C)C)C(C)(C)CCC5(C)C)cc4ccccc4c31)C(C)(C)CCC2(C)C. The zero-order valence-corrected chi connectivity index (χ0v) is 44.5. The first-order valence-corrected chi connectivity index (χ1v) is 26.9. The van der Waals surface area contributed by atoms with Crippen LogP contribution < -0.4 is 21.1 Å². The van der Waals surface area contributed by atoms with Crippen LogP contribution in [0.15, 0.2) is 109 Å². The smallest absolute Gasteiger partial charge is 0.200 e. The van der Waals surface area contributed by atoms with Gasteiger partial charge in [0, 0.05) is 54.2 Å². The molecule has 0 atom stereocenters. The summed E-state index contributed by atoms with van der Waals surface area (Å²) in [5, 5.41) is 9.52. The van der Waals surface area contributed by atoms with E-state index in [9.17, 15) is 0 Å². The Kier molecular flexibility index (Phi) is 9.66. The van der Waals surface area contributed by atoms with Gasteiger partial charge in [-0.1, -0.05) is 144 Å². The molecule has 2 nitrogen and oxygen atoms in total. The molecule has 0 unspecified atom stereocenters. The highest BCUT2D eigenvalue weighted by atomic mass is 32.1. The van der Waals surface area contributed by atoms with E-state index in [4.69, 9.17) is 0 Å². The molecule has 0 radical (unpaired) electrons. The van der Waals surface area contributed by atoms with E-state index in [1.54, 1.807) is 0 Å². The molecule has 0 amide bonds. The van der Waals surface area contributed by atoms with Crippen molar-refractivity contribution in [3.05, 3.63) is 148 Å². The Labute approximate surface area is 417 Å². The van der Waals surface area contributed by atoms with E-state index >= 15 is 0 Å². The van der Waals surface area contributed by atoms with Crippen LogP contribution in [0, 0.1) is 6.92 Å². The quantitative estimate of drug-likeness (QED) is 0.177. The molecule has 3 aliphatic carbocycles. The number of thiophene rings is 1. The third-order valence-electron chi connectivity index (χ3n) is 18.4. The molecule has 4 aliphatic rings. The lowest BCUT2D eigenvalue weighted by Crippen LogP contribution is -2.42. The summed E-state index contributed by atoms with van der Waals surface area (Å²) in [5.41, 5.74) is 22.7. The number of rotatable bonds is 4. The molecule has 12 rings (SSSR count). The predicted octanol–water partition coefficient (Wildman–Crippen LogP) is 17.1. The highest BCUT2D eigenvalue weighted by Gasteiger charge is 2.42. The number of nitrogens with zero attached hydrogens (tertiary/aromatic N) is 1. The molecule has 1 aromatic heterocycles. The van der Waals surface area contributed by atoms with Crippen LogP contribution >= 0.6 is 11.3 Å². The summed E-state index contributed by atoms with van der Waals surface area (Å²) >= 11 is 1.97. The third kappa shape index (κ3) is 6.84. The fourth-order valence-corrected chi connectivity index (χ4v) is 14.8. The Morgan fingerprint density at radius 1 is 0.464 bits per heavy atom. The van der Waals surface area contributed by atoms with Crippen LogP contribution in [-0.4, -0.2) is 7.28 Å². The Bertz CT molecular complexity index is 3480. The number of anilines is 5. The summed E-state index contributed by atoms with van der Waals surface area (Å²) in [7, 11) is 0.849. The maximum absolute atomic E-state index is 4.21. The number of benzene rings is 7. The first-order valence-electron chi connectivity index (χ1n) is 26.1. The van der Waals surface area contributed by atoms with E-state index < -0.39 is 0 Å². The van der Waals surface area contributed by atoms with E-state index in [1.807, 2.05) is 11.3 Å². The van der Waals surface area contributed by atoms with E-state index in [0.29, 0.717) is 0 Å². The van der Waals surface area contributed by atoms with Gasteiger partial charge in [-0.3, -0.25) is 0 Å². The van der Waals surface area contributed by atoms with Crippen molar-refractivity contribution in [2.45, 2.75) is 161 Å². The number of nitrogens with one attached hydrogen (secondary N) is 1. The van der Waals surface area contributed by atoms with E-state index in [2.05, 4.69) is 209 Å². The van der Waals surface area contributed by atoms with Crippen molar-refractivity contribution in [3.63, 3.8) is 0 Å². The minimum absolute atomic E-state index is 0.0408. The van der Waals surface area contributed by atoms with Crippen LogP contribution in [0.5, 0.6) is 0 Å². The van der Waals surface area contributed by atoms with Crippen molar-refractivity contribution in [1.82, 2.24) is 0 Å². The van der Waals surface area contributed by atoms with Crippen molar-refractivity contribution in [2.24, 2.45) is 0 Å². The zero-order chi connectivity index (χ0) is 48.4. The van der Waals surface area contributed by atoms with E-state index in [-0.39, 0.29) is 32.5 Å². The number of hydrogen-bond acceptors (Lipinski definition) is 3. The van der Waals surface area contributed by atoms with E-state index in [1.165, 1.54) is 159 Å². The molecular weight excluding hydrogens is 852 g/mol. The highest BCUT2D eigenvalue weighted by molar-refractivity contribution is 7.27. The first kappa shape index (κ1) is 44.9. The molecule has 69 heavy (non-hydrogen) atoms. The van der Waals surface area contributed by atoms with Gasteiger partial charge in [-0.05, 0) is 193 Å². The second kappa shape index (κ2) is 14.9. The van der Waals surface area contributed by atoms with Gasteiger partial charge >= 0.3 is 0 Å². The second-order valence-electron chi connectivity index (χ2n) is 25.8.